The fourth-order valence-corrected chi connectivity index (χ4v) is 2.37. The summed E-state index contributed by atoms with van der Waals surface area (Å²) in [6.07, 6.45) is 2.33. The average Bonchev–Trinajstić information content (AvgIpc) is 3.06. The van der Waals surface area contributed by atoms with E-state index in [1.165, 1.54) is 29.7 Å². The number of hydrogen-bond acceptors (Lipinski definition) is 4. The van der Waals surface area contributed by atoms with E-state index in [4.69, 9.17) is 23.2 Å². The molecule has 1 aromatic carbocycles. The van der Waals surface area contributed by atoms with Gasteiger partial charge in [0.15, 0.2) is 5.82 Å². The fourth-order valence-electron chi connectivity index (χ4n) is 1.75. The average molecular weight is 302 g/mol. The first-order valence-corrected chi connectivity index (χ1v) is 6.56. The molecule has 5 nitrogen and oxygen atoms in total. The van der Waals surface area contributed by atoms with E-state index in [9.17, 15) is 4.39 Å². The second-order valence-electron chi connectivity index (χ2n) is 4.38. The molecule has 1 aliphatic carbocycles. The van der Waals surface area contributed by atoms with Crippen molar-refractivity contribution in [2.24, 2.45) is 0 Å². The first kappa shape index (κ1) is 12.8. The van der Waals surface area contributed by atoms with Crippen LogP contribution in [0.1, 0.15) is 18.7 Å². The van der Waals surface area contributed by atoms with Crippen molar-refractivity contribution in [1.82, 2.24) is 25.5 Å². The number of aromatic nitrogens is 4. The number of benzene rings is 1. The Morgan fingerprint density at radius 3 is 2.63 bits per heavy atom. The molecule has 0 aliphatic heterocycles. The SMILES string of the molecule is Fc1cc(Cl)c(-n2nnnc2CNC2CC2)c(Cl)c1. The lowest BCUT2D eigenvalue weighted by Crippen LogP contribution is -2.19. The summed E-state index contributed by atoms with van der Waals surface area (Å²) in [5.41, 5.74) is 0.391. The van der Waals surface area contributed by atoms with Gasteiger partial charge in [0.2, 0.25) is 0 Å². The van der Waals surface area contributed by atoms with Gasteiger partial charge in [0.25, 0.3) is 0 Å². The molecule has 0 spiro atoms. The predicted octanol–water partition coefficient (Wildman–Crippen LogP) is 2.36. The number of nitrogens with one attached hydrogen (secondary N) is 1. The molecule has 1 saturated carbocycles. The summed E-state index contributed by atoms with van der Waals surface area (Å²) in [5, 5.41) is 15.0. The Morgan fingerprint density at radius 1 is 1.32 bits per heavy atom. The van der Waals surface area contributed by atoms with Gasteiger partial charge in [0.1, 0.15) is 11.5 Å². The zero-order valence-corrected chi connectivity index (χ0v) is 11.3. The highest BCUT2D eigenvalue weighted by atomic mass is 35.5. The van der Waals surface area contributed by atoms with E-state index in [0.717, 1.165) is 0 Å². The van der Waals surface area contributed by atoms with Gasteiger partial charge in [-0.15, -0.1) is 5.10 Å². The van der Waals surface area contributed by atoms with Crippen LogP contribution in [0.4, 0.5) is 4.39 Å². The first-order valence-electron chi connectivity index (χ1n) is 5.80. The Kier molecular flexibility index (Phi) is 3.38. The largest absolute Gasteiger partial charge is 0.307 e. The maximum Gasteiger partial charge on any atom is 0.170 e. The van der Waals surface area contributed by atoms with E-state index < -0.39 is 5.82 Å². The predicted molar refractivity (Wildman–Crippen MR) is 69.0 cm³/mol. The minimum Gasteiger partial charge on any atom is -0.307 e. The molecule has 0 radical (unpaired) electrons. The van der Waals surface area contributed by atoms with Gasteiger partial charge in [-0.25, -0.2) is 4.39 Å². The smallest absolute Gasteiger partial charge is 0.170 e. The lowest BCUT2D eigenvalue weighted by atomic mass is 10.3. The monoisotopic (exact) mass is 301 g/mol. The van der Waals surface area contributed by atoms with Crippen LogP contribution in [0.15, 0.2) is 12.1 Å². The zero-order chi connectivity index (χ0) is 13.4. The van der Waals surface area contributed by atoms with Gasteiger partial charge in [0, 0.05) is 6.04 Å². The van der Waals surface area contributed by atoms with E-state index in [-0.39, 0.29) is 10.0 Å². The summed E-state index contributed by atoms with van der Waals surface area (Å²) in [6, 6.07) is 2.90. The Hall–Kier alpha value is -1.24. The number of rotatable bonds is 4. The van der Waals surface area contributed by atoms with Crippen LogP contribution in [-0.2, 0) is 6.54 Å². The summed E-state index contributed by atoms with van der Waals surface area (Å²) < 4.78 is 14.6. The second-order valence-corrected chi connectivity index (χ2v) is 5.19. The minimum atomic E-state index is -0.496. The topological polar surface area (TPSA) is 55.6 Å². The second kappa shape index (κ2) is 5.03. The molecular formula is C11H10Cl2FN5. The minimum absolute atomic E-state index is 0.171. The van der Waals surface area contributed by atoms with Crippen LogP contribution < -0.4 is 5.32 Å². The summed E-state index contributed by atoms with van der Waals surface area (Å²) >= 11 is 12.0. The number of halogens is 3. The van der Waals surface area contributed by atoms with Gasteiger partial charge in [0.05, 0.1) is 16.6 Å². The van der Waals surface area contributed by atoms with Gasteiger partial charge < -0.3 is 5.32 Å². The quantitative estimate of drug-likeness (QED) is 0.942. The normalized spacial score (nSPS) is 14.9. The molecule has 0 saturated heterocycles. The number of nitrogens with zero attached hydrogens (tertiary/aromatic N) is 4. The Balaban J connectivity index is 1.95. The third kappa shape index (κ3) is 2.70. The molecule has 3 rings (SSSR count). The molecule has 100 valence electrons. The van der Waals surface area contributed by atoms with Crippen molar-refractivity contribution < 1.29 is 4.39 Å². The molecule has 8 heteroatoms. The molecule has 0 amide bonds. The highest BCUT2D eigenvalue weighted by Crippen LogP contribution is 2.29. The number of tetrazole rings is 1. The molecule has 2 aromatic rings. The number of hydrogen-bond donors (Lipinski definition) is 1. The van der Waals surface area contributed by atoms with Gasteiger partial charge >= 0.3 is 0 Å². The fraction of sp³-hybridized carbons (Fsp3) is 0.364. The molecule has 1 N–H and O–H groups in total. The Bertz CT molecular complexity index is 588. The van der Waals surface area contributed by atoms with Crippen molar-refractivity contribution >= 4 is 23.2 Å². The summed E-state index contributed by atoms with van der Waals surface area (Å²) in [6.45, 7) is 0.516. The molecule has 1 aromatic heterocycles. The van der Waals surface area contributed by atoms with E-state index in [1.54, 1.807) is 0 Å². The lowest BCUT2D eigenvalue weighted by molar-refractivity contribution is 0.623. The molecule has 1 fully saturated rings. The van der Waals surface area contributed by atoms with Gasteiger partial charge in [-0.1, -0.05) is 23.2 Å². The Morgan fingerprint density at radius 2 is 2.00 bits per heavy atom. The molecule has 19 heavy (non-hydrogen) atoms. The third-order valence-corrected chi connectivity index (χ3v) is 3.43. The molecule has 1 aliphatic rings. The standard InChI is InChI=1S/C11H10Cl2FN5/c12-8-3-6(14)4-9(13)11(8)19-10(16-17-18-19)5-15-7-1-2-7/h3-4,7,15H,1-2,5H2. The summed E-state index contributed by atoms with van der Waals surface area (Å²) in [5.74, 6) is 0.0896. The third-order valence-electron chi connectivity index (χ3n) is 2.85. The van der Waals surface area contributed by atoms with Crippen molar-refractivity contribution in [3.63, 3.8) is 0 Å². The maximum atomic E-state index is 13.2. The maximum absolute atomic E-state index is 13.2. The molecule has 1 heterocycles. The van der Waals surface area contributed by atoms with Crippen molar-refractivity contribution in [1.29, 1.82) is 0 Å². The summed E-state index contributed by atoms with van der Waals surface area (Å²) in [7, 11) is 0. The van der Waals surface area contributed by atoms with Gasteiger partial charge in [-0.3, -0.25) is 0 Å². The van der Waals surface area contributed by atoms with Gasteiger partial charge in [-0.2, -0.15) is 4.68 Å². The zero-order valence-electron chi connectivity index (χ0n) is 9.78. The van der Waals surface area contributed by atoms with E-state index in [0.29, 0.717) is 24.1 Å². The van der Waals surface area contributed by atoms with Crippen LogP contribution in [0, 0.1) is 5.82 Å². The van der Waals surface area contributed by atoms with Crippen molar-refractivity contribution in [3.05, 3.63) is 33.8 Å². The highest BCUT2D eigenvalue weighted by molar-refractivity contribution is 6.37. The molecule has 0 unspecified atom stereocenters. The van der Waals surface area contributed by atoms with E-state index in [2.05, 4.69) is 20.8 Å². The van der Waals surface area contributed by atoms with E-state index in [1.807, 2.05) is 0 Å². The Labute approximate surface area is 118 Å². The highest BCUT2D eigenvalue weighted by Gasteiger charge is 2.22. The van der Waals surface area contributed by atoms with E-state index >= 15 is 0 Å². The first-order chi connectivity index (χ1) is 9.15. The lowest BCUT2D eigenvalue weighted by Gasteiger charge is -2.09. The van der Waals surface area contributed by atoms with Gasteiger partial charge in [-0.05, 0) is 35.4 Å². The van der Waals surface area contributed by atoms with Crippen molar-refractivity contribution in [2.45, 2.75) is 25.4 Å². The molecule has 0 bridgehead atoms. The van der Waals surface area contributed by atoms with Crippen LogP contribution in [0.5, 0.6) is 0 Å². The van der Waals surface area contributed by atoms with Crippen LogP contribution in [-0.4, -0.2) is 26.2 Å². The van der Waals surface area contributed by atoms with Crippen molar-refractivity contribution in [2.75, 3.05) is 0 Å². The van der Waals surface area contributed by atoms with Crippen molar-refractivity contribution in [3.8, 4) is 5.69 Å². The van der Waals surface area contributed by atoms with Crippen LogP contribution in [0.25, 0.3) is 5.69 Å². The van der Waals surface area contributed by atoms with Crippen LogP contribution >= 0.6 is 23.2 Å². The summed E-state index contributed by atoms with van der Waals surface area (Å²) in [4.78, 5) is 0. The molecular weight excluding hydrogens is 292 g/mol. The van der Waals surface area contributed by atoms with Crippen LogP contribution in [0.2, 0.25) is 10.0 Å². The molecule has 0 atom stereocenters. The van der Waals surface area contributed by atoms with Crippen LogP contribution in [0.3, 0.4) is 0 Å².